The van der Waals surface area contributed by atoms with Crippen LogP contribution in [0.4, 0.5) is 5.69 Å². The lowest BCUT2D eigenvalue weighted by Crippen LogP contribution is -2.36. The van der Waals surface area contributed by atoms with Gasteiger partial charge in [0.05, 0.1) is 10.5 Å². The molecule has 0 radical (unpaired) electrons. The standard InChI is InChI=1S/C18H19ClN2O3S/c19-14-7-6-8-15(13-14)20-18(22)16-9-2-3-10-17(16)25(23,24)21-11-4-1-5-12-21/h2-3,6-10,13H,1,4-5,11-12H2,(H,20,22). The predicted molar refractivity (Wildman–Crippen MR) is 98.5 cm³/mol. The minimum absolute atomic E-state index is 0.0384. The first kappa shape index (κ1) is 17.9. The molecule has 1 N–H and O–H groups in total. The molecule has 3 rings (SSSR count). The van der Waals surface area contributed by atoms with Gasteiger partial charge in [0.2, 0.25) is 10.0 Å². The number of carbonyl (C=O) groups excluding carboxylic acids is 1. The van der Waals surface area contributed by atoms with Gasteiger partial charge in [-0.2, -0.15) is 4.31 Å². The highest BCUT2D eigenvalue weighted by Gasteiger charge is 2.29. The molecule has 0 spiro atoms. The van der Waals surface area contributed by atoms with Gasteiger partial charge in [-0.15, -0.1) is 0 Å². The maximum atomic E-state index is 12.9. The van der Waals surface area contributed by atoms with Crippen molar-refractivity contribution in [3.63, 3.8) is 0 Å². The Morgan fingerprint density at radius 2 is 1.72 bits per heavy atom. The van der Waals surface area contributed by atoms with Crippen molar-refractivity contribution >= 4 is 33.2 Å². The summed E-state index contributed by atoms with van der Waals surface area (Å²) < 4.78 is 27.3. The quantitative estimate of drug-likeness (QED) is 0.880. The summed E-state index contributed by atoms with van der Waals surface area (Å²) in [4.78, 5) is 12.7. The Labute approximate surface area is 152 Å². The number of piperidine rings is 1. The molecule has 1 aliphatic heterocycles. The van der Waals surface area contributed by atoms with E-state index < -0.39 is 15.9 Å². The SMILES string of the molecule is O=C(Nc1cccc(Cl)c1)c1ccccc1S(=O)(=O)N1CCCCC1. The highest BCUT2D eigenvalue weighted by Crippen LogP contribution is 2.24. The average molecular weight is 379 g/mol. The number of hydrogen-bond acceptors (Lipinski definition) is 3. The second kappa shape index (κ2) is 7.56. The molecule has 5 nitrogen and oxygen atoms in total. The van der Waals surface area contributed by atoms with Crippen LogP contribution in [0.25, 0.3) is 0 Å². The van der Waals surface area contributed by atoms with E-state index in [1.54, 1.807) is 36.4 Å². The molecule has 7 heteroatoms. The number of nitrogens with one attached hydrogen (secondary N) is 1. The van der Waals surface area contributed by atoms with E-state index in [0.717, 1.165) is 19.3 Å². The topological polar surface area (TPSA) is 66.5 Å². The minimum Gasteiger partial charge on any atom is -0.322 e. The Kier molecular flexibility index (Phi) is 5.42. The molecule has 1 aliphatic rings. The van der Waals surface area contributed by atoms with Crippen LogP contribution in [0.3, 0.4) is 0 Å². The number of benzene rings is 2. The molecule has 25 heavy (non-hydrogen) atoms. The molecule has 2 aromatic rings. The summed E-state index contributed by atoms with van der Waals surface area (Å²) in [7, 11) is -3.69. The first-order valence-corrected chi connectivity index (χ1v) is 9.96. The molecule has 1 heterocycles. The van der Waals surface area contributed by atoms with Gasteiger partial charge in [0.1, 0.15) is 0 Å². The summed E-state index contributed by atoms with van der Waals surface area (Å²) in [5.74, 6) is -0.474. The Morgan fingerprint density at radius 3 is 2.44 bits per heavy atom. The third-order valence-corrected chi connectivity index (χ3v) is 6.34. The Bertz CT molecular complexity index is 877. The average Bonchev–Trinajstić information content (AvgIpc) is 2.62. The summed E-state index contributed by atoms with van der Waals surface area (Å²) in [6, 6.07) is 13.0. The lowest BCUT2D eigenvalue weighted by molar-refractivity contribution is 0.102. The first-order chi connectivity index (χ1) is 12.0. The highest BCUT2D eigenvalue weighted by molar-refractivity contribution is 7.89. The molecule has 1 amide bonds. The van der Waals surface area contributed by atoms with Gasteiger partial charge in [0, 0.05) is 23.8 Å². The number of anilines is 1. The molecule has 0 unspecified atom stereocenters. The van der Waals surface area contributed by atoms with Crippen molar-refractivity contribution < 1.29 is 13.2 Å². The largest absolute Gasteiger partial charge is 0.322 e. The zero-order valence-corrected chi connectivity index (χ0v) is 15.2. The van der Waals surface area contributed by atoms with E-state index in [1.165, 1.54) is 16.4 Å². The Morgan fingerprint density at radius 1 is 1.00 bits per heavy atom. The van der Waals surface area contributed by atoms with Crippen LogP contribution in [0.5, 0.6) is 0 Å². The maximum absolute atomic E-state index is 12.9. The second-order valence-electron chi connectivity index (χ2n) is 5.93. The van der Waals surface area contributed by atoms with Gasteiger partial charge in [-0.3, -0.25) is 4.79 Å². The number of sulfonamides is 1. The molecular weight excluding hydrogens is 360 g/mol. The number of rotatable bonds is 4. The van der Waals surface area contributed by atoms with E-state index in [1.807, 2.05) is 0 Å². The summed E-state index contributed by atoms with van der Waals surface area (Å²) >= 11 is 5.93. The second-order valence-corrected chi connectivity index (χ2v) is 8.27. The minimum atomic E-state index is -3.69. The number of amides is 1. The van der Waals surface area contributed by atoms with E-state index in [0.29, 0.717) is 23.8 Å². The fourth-order valence-corrected chi connectivity index (χ4v) is 4.78. The normalized spacial score (nSPS) is 15.7. The predicted octanol–water partition coefficient (Wildman–Crippen LogP) is 3.77. The number of nitrogens with zero attached hydrogens (tertiary/aromatic N) is 1. The fourth-order valence-electron chi connectivity index (χ4n) is 2.89. The van der Waals surface area contributed by atoms with Crippen molar-refractivity contribution in [1.82, 2.24) is 4.31 Å². The van der Waals surface area contributed by atoms with Crippen molar-refractivity contribution in [2.75, 3.05) is 18.4 Å². The van der Waals surface area contributed by atoms with Crippen LogP contribution in [0, 0.1) is 0 Å². The Hall–Kier alpha value is -1.89. The summed E-state index contributed by atoms with van der Waals surface area (Å²) in [6.07, 6.45) is 2.72. The van der Waals surface area contributed by atoms with Gasteiger partial charge in [0.25, 0.3) is 5.91 Å². The molecule has 1 fully saturated rings. The van der Waals surface area contributed by atoms with Gasteiger partial charge < -0.3 is 5.32 Å². The van der Waals surface area contributed by atoms with Gasteiger partial charge in [-0.1, -0.05) is 36.2 Å². The number of hydrogen-bond donors (Lipinski definition) is 1. The van der Waals surface area contributed by atoms with Crippen LogP contribution < -0.4 is 5.32 Å². The maximum Gasteiger partial charge on any atom is 0.257 e. The fraction of sp³-hybridized carbons (Fsp3) is 0.278. The molecule has 0 bridgehead atoms. The third kappa shape index (κ3) is 4.03. The van der Waals surface area contributed by atoms with Crippen LogP contribution in [0.1, 0.15) is 29.6 Å². The van der Waals surface area contributed by atoms with Crippen LogP contribution >= 0.6 is 11.6 Å². The third-order valence-electron chi connectivity index (χ3n) is 4.15. The molecule has 0 aromatic heterocycles. The van der Waals surface area contributed by atoms with Crippen LogP contribution in [-0.4, -0.2) is 31.7 Å². The first-order valence-electron chi connectivity index (χ1n) is 8.14. The van der Waals surface area contributed by atoms with Gasteiger partial charge in [0.15, 0.2) is 0 Å². The van der Waals surface area contributed by atoms with Crippen LogP contribution in [-0.2, 0) is 10.0 Å². The van der Waals surface area contributed by atoms with Crippen molar-refractivity contribution in [2.24, 2.45) is 0 Å². The Balaban J connectivity index is 1.91. The summed E-state index contributed by atoms with van der Waals surface area (Å²) in [6.45, 7) is 0.985. The molecule has 2 aromatic carbocycles. The van der Waals surface area contributed by atoms with E-state index in [4.69, 9.17) is 11.6 Å². The van der Waals surface area contributed by atoms with E-state index in [9.17, 15) is 13.2 Å². The van der Waals surface area contributed by atoms with Gasteiger partial charge >= 0.3 is 0 Å². The van der Waals surface area contributed by atoms with Crippen molar-refractivity contribution in [3.8, 4) is 0 Å². The van der Waals surface area contributed by atoms with Crippen LogP contribution in [0.2, 0.25) is 5.02 Å². The molecule has 0 aliphatic carbocycles. The van der Waals surface area contributed by atoms with E-state index in [2.05, 4.69) is 5.32 Å². The van der Waals surface area contributed by atoms with Gasteiger partial charge in [-0.05, 0) is 43.2 Å². The highest BCUT2D eigenvalue weighted by atomic mass is 35.5. The van der Waals surface area contributed by atoms with Crippen molar-refractivity contribution in [3.05, 3.63) is 59.1 Å². The summed E-state index contributed by atoms with van der Waals surface area (Å²) in [5.41, 5.74) is 0.649. The van der Waals surface area contributed by atoms with Crippen molar-refractivity contribution in [2.45, 2.75) is 24.2 Å². The zero-order valence-electron chi connectivity index (χ0n) is 13.6. The number of halogens is 1. The molecular formula is C18H19ClN2O3S. The molecule has 0 saturated carbocycles. The lowest BCUT2D eigenvalue weighted by Gasteiger charge is -2.26. The smallest absolute Gasteiger partial charge is 0.257 e. The monoisotopic (exact) mass is 378 g/mol. The van der Waals surface area contributed by atoms with Gasteiger partial charge in [-0.25, -0.2) is 8.42 Å². The summed E-state index contributed by atoms with van der Waals surface area (Å²) in [5, 5.41) is 3.20. The van der Waals surface area contributed by atoms with E-state index in [-0.39, 0.29) is 10.5 Å². The van der Waals surface area contributed by atoms with Crippen molar-refractivity contribution in [1.29, 1.82) is 0 Å². The zero-order chi connectivity index (χ0) is 17.9. The molecule has 132 valence electrons. The van der Waals surface area contributed by atoms with E-state index >= 15 is 0 Å². The molecule has 0 atom stereocenters. The van der Waals surface area contributed by atoms with Crippen LogP contribution in [0.15, 0.2) is 53.4 Å². The number of carbonyl (C=O) groups is 1. The molecule has 1 saturated heterocycles. The lowest BCUT2D eigenvalue weighted by atomic mass is 10.2.